The lowest BCUT2D eigenvalue weighted by atomic mass is 10.2. The van der Waals surface area contributed by atoms with E-state index in [2.05, 4.69) is 20.5 Å². The van der Waals surface area contributed by atoms with Crippen molar-refractivity contribution >= 4 is 17.3 Å². The quantitative estimate of drug-likeness (QED) is 0.555. The summed E-state index contributed by atoms with van der Waals surface area (Å²) in [4.78, 5) is 26.5. The van der Waals surface area contributed by atoms with Gasteiger partial charge in [0.15, 0.2) is 11.5 Å². The van der Waals surface area contributed by atoms with Gasteiger partial charge in [-0.25, -0.2) is 4.98 Å². The van der Waals surface area contributed by atoms with Crippen molar-refractivity contribution in [1.29, 1.82) is 0 Å². The molecule has 0 aliphatic carbocycles. The van der Waals surface area contributed by atoms with Crippen molar-refractivity contribution in [3.8, 4) is 11.6 Å². The molecule has 0 radical (unpaired) electrons. The van der Waals surface area contributed by atoms with E-state index >= 15 is 0 Å². The highest BCUT2D eigenvalue weighted by Gasteiger charge is 2.16. The summed E-state index contributed by atoms with van der Waals surface area (Å²) in [5.41, 5.74) is 0.0530. The number of nitro groups is 1. The molecule has 2 aromatic heterocycles. The summed E-state index contributed by atoms with van der Waals surface area (Å²) in [5.74, 6) is 0.229. The van der Waals surface area contributed by atoms with Crippen molar-refractivity contribution < 1.29 is 14.5 Å². The Kier molecular flexibility index (Phi) is 4.33. The monoisotopic (exact) mass is 340 g/mol. The Balaban J connectivity index is 1.82. The van der Waals surface area contributed by atoms with E-state index in [9.17, 15) is 14.9 Å². The van der Waals surface area contributed by atoms with Crippen LogP contribution in [-0.4, -0.2) is 37.7 Å². The van der Waals surface area contributed by atoms with Gasteiger partial charge in [0, 0.05) is 24.5 Å². The maximum Gasteiger partial charge on any atom is 0.276 e. The Bertz CT molecular complexity index is 908. The number of nitrogens with one attached hydrogen (secondary N) is 1. The van der Waals surface area contributed by atoms with E-state index in [-0.39, 0.29) is 17.1 Å². The first kappa shape index (κ1) is 16.1. The van der Waals surface area contributed by atoms with Gasteiger partial charge in [0.2, 0.25) is 0 Å². The fourth-order valence-corrected chi connectivity index (χ4v) is 2.07. The second-order valence-electron chi connectivity index (χ2n) is 4.84. The fraction of sp³-hybridized carbons (Fsp3) is 0.0667. The van der Waals surface area contributed by atoms with Crippen molar-refractivity contribution in [3.63, 3.8) is 0 Å². The number of nitrogens with zero attached hydrogens (tertiary/aromatic N) is 5. The first-order valence-electron chi connectivity index (χ1n) is 7.04. The van der Waals surface area contributed by atoms with E-state index in [1.165, 1.54) is 31.4 Å². The maximum atomic E-state index is 12.3. The summed E-state index contributed by atoms with van der Waals surface area (Å²) >= 11 is 0. The second-order valence-corrected chi connectivity index (χ2v) is 4.84. The summed E-state index contributed by atoms with van der Waals surface area (Å²) in [7, 11) is 1.40. The fourth-order valence-electron chi connectivity index (χ4n) is 2.07. The number of benzene rings is 1. The summed E-state index contributed by atoms with van der Waals surface area (Å²) in [6, 6.07) is 7.00. The number of carbonyl (C=O) groups excluding carboxylic acids is 1. The highest BCUT2D eigenvalue weighted by molar-refractivity contribution is 6.03. The summed E-state index contributed by atoms with van der Waals surface area (Å²) < 4.78 is 6.74. The van der Waals surface area contributed by atoms with Crippen LogP contribution in [0.4, 0.5) is 11.4 Å². The van der Waals surface area contributed by atoms with Crippen LogP contribution in [0.25, 0.3) is 5.82 Å². The van der Waals surface area contributed by atoms with Gasteiger partial charge in [-0.15, -0.1) is 10.2 Å². The van der Waals surface area contributed by atoms with Gasteiger partial charge in [-0.05, 0) is 18.2 Å². The molecule has 1 N–H and O–H groups in total. The number of hydrogen-bond acceptors (Lipinski definition) is 7. The normalized spacial score (nSPS) is 10.3. The summed E-state index contributed by atoms with van der Waals surface area (Å²) in [6.45, 7) is 0. The van der Waals surface area contributed by atoms with Gasteiger partial charge in [-0.2, -0.15) is 0 Å². The standard InChI is InChI=1S/C15H12N6O4/c1-25-13-4-2-10(21(23)24)8-12(13)17-15(22)11-3-5-14(19-18-11)20-7-6-16-9-20/h2-9H,1H3,(H,17,22). The van der Waals surface area contributed by atoms with E-state index in [4.69, 9.17) is 4.74 Å². The zero-order valence-electron chi connectivity index (χ0n) is 13.0. The molecule has 0 aliphatic rings. The topological polar surface area (TPSA) is 125 Å². The van der Waals surface area contributed by atoms with Crippen molar-refractivity contribution in [1.82, 2.24) is 19.7 Å². The van der Waals surface area contributed by atoms with Crippen molar-refractivity contribution in [2.75, 3.05) is 12.4 Å². The highest BCUT2D eigenvalue weighted by Crippen LogP contribution is 2.29. The van der Waals surface area contributed by atoms with Crippen LogP contribution in [0.3, 0.4) is 0 Å². The Morgan fingerprint density at radius 3 is 2.72 bits per heavy atom. The lowest BCUT2D eigenvalue weighted by Gasteiger charge is -2.09. The van der Waals surface area contributed by atoms with Gasteiger partial charge in [-0.3, -0.25) is 19.5 Å². The highest BCUT2D eigenvalue weighted by atomic mass is 16.6. The van der Waals surface area contributed by atoms with E-state index in [1.807, 2.05) is 0 Å². The first-order chi connectivity index (χ1) is 12.1. The van der Waals surface area contributed by atoms with Crippen LogP contribution in [0, 0.1) is 10.1 Å². The Morgan fingerprint density at radius 1 is 1.28 bits per heavy atom. The van der Waals surface area contributed by atoms with Crippen LogP contribution in [0.2, 0.25) is 0 Å². The number of methoxy groups -OCH3 is 1. The number of nitro benzene ring substituents is 1. The van der Waals surface area contributed by atoms with Crippen LogP contribution in [0.5, 0.6) is 5.75 Å². The molecule has 10 heteroatoms. The number of carbonyl (C=O) groups is 1. The average Bonchev–Trinajstić information content (AvgIpc) is 3.16. The molecule has 2 heterocycles. The van der Waals surface area contributed by atoms with Crippen LogP contribution in [0.1, 0.15) is 10.5 Å². The molecule has 0 bridgehead atoms. The number of non-ortho nitro benzene ring substituents is 1. The molecule has 0 unspecified atom stereocenters. The molecule has 0 saturated carbocycles. The number of aromatic nitrogens is 4. The second kappa shape index (κ2) is 6.74. The van der Waals surface area contributed by atoms with Crippen molar-refractivity contribution in [2.45, 2.75) is 0 Å². The molecule has 3 rings (SSSR count). The molecule has 1 aromatic carbocycles. The third-order valence-electron chi connectivity index (χ3n) is 3.29. The molecule has 1 amide bonds. The third-order valence-corrected chi connectivity index (χ3v) is 3.29. The molecule has 0 atom stereocenters. The maximum absolute atomic E-state index is 12.3. The average molecular weight is 340 g/mol. The predicted octanol–water partition coefficient (Wildman–Crippen LogP) is 1.83. The molecule has 10 nitrogen and oxygen atoms in total. The van der Waals surface area contributed by atoms with Crippen LogP contribution in [-0.2, 0) is 0 Å². The number of anilines is 1. The molecule has 126 valence electrons. The molecule has 0 aliphatic heterocycles. The molecule has 0 spiro atoms. The minimum absolute atomic E-state index is 0.0532. The zero-order valence-corrected chi connectivity index (χ0v) is 13.0. The van der Waals surface area contributed by atoms with Crippen LogP contribution >= 0.6 is 0 Å². The number of amides is 1. The van der Waals surface area contributed by atoms with Gasteiger partial charge < -0.3 is 10.1 Å². The van der Waals surface area contributed by atoms with Gasteiger partial charge in [0.1, 0.15) is 12.1 Å². The predicted molar refractivity (Wildman–Crippen MR) is 86.8 cm³/mol. The van der Waals surface area contributed by atoms with E-state index in [0.29, 0.717) is 11.6 Å². The number of ether oxygens (including phenoxy) is 1. The van der Waals surface area contributed by atoms with E-state index < -0.39 is 10.8 Å². The Labute approximate surface area is 141 Å². The van der Waals surface area contributed by atoms with Gasteiger partial charge in [0.05, 0.1) is 17.7 Å². The SMILES string of the molecule is COc1ccc([N+](=O)[O-])cc1NC(=O)c1ccc(-n2ccnc2)nn1. The largest absolute Gasteiger partial charge is 0.495 e. The van der Waals surface area contributed by atoms with E-state index in [1.54, 1.807) is 29.4 Å². The van der Waals surface area contributed by atoms with Gasteiger partial charge in [-0.1, -0.05) is 0 Å². The number of rotatable bonds is 5. The van der Waals surface area contributed by atoms with Crippen LogP contribution < -0.4 is 10.1 Å². The summed E-state index contributed by atoms with van der Waals surface area (Å²) in [5, 5.41) is 21.2. The number of hydrogen-bond donors (Lipinski definition) is 1. The van der Waals surface area contributed by atoms with Crippen LogP contribution in [0.15, 0.2) is 49.1 Å². The molecular weight excluding hydrogens is 328 g/mol. The molecule has 25 heavy (non-hydrogen) atoms. The third kappa shape index (κ3) is 3.42. The molecular formula is C15H12N6O4. The minimum atomic E-state index is -0.566. The molecule has 3 aromatic rings. The van der Waals surface area contributed by atoms with Crippen molar-refractivity contribution in [2.24, 2.45) is 0 Å². The van der Waals surface area contributed by atoms with Gasteiger partial charge in [0.25, 0.3) is 11.6 Å². The van der Waals surface area contributed by atoms with E-state index in [0.717, 1.165) is 0 Å². The molecule has 0 fully saturated rings. The Morgan fingerprint density at radius 2 is 2.12 bits per heavy atom. The minimum Gasteiger partial charge on any atom is -0.495 e. The summed E-state index contributed by atoms with van der Waals surface area (Å²) in [6.07, 6.45) is 4.84. The first-order valence-corrected chi connectivity index (χ1v) is 7.04. The lowest BCUT2D eigenvalue weighted by molar-refractivity contribution is -0.384. The van der Waals surface area contributed by atoms with Crippen molar-refractivity contribution in [3.05, 3.63) is 64.9 Å². The number of imidazole rings is 1. The zero-order chi connectivity index (χ0) is 17.8. The lowest BCUT2D eigenvalue weighted by Crippen LogP contribution is -2.15. The smallest absolute Gasteiger partial charge is 0.276 e. The van der Waals surface area contributed by atoms with Gasteiger partial charge >= 0.3 is 0 Å². The molecule has 0 saturated heterocycles. The Hall–Kier alpha value is -3.82.